The van der Waals surface area contributed by atoms with Crippen LogP contribution in [0.3, 0.4) is 0 Å². The van der Waals surface area contributed by atoms with E-state index in [0.29, 0.717) is 10.6 Å². The minimum atomic E-state index is -0.964. The number of nitrogens with zero attached hydrogens (tertiary/aromatic N) is 3. The van der Waals surface area contributed by atoms with Gasteiger partial charge in [-0.3, -0.25) is 13.9 Å². The molecule has 0 saturated heterocycles. The molecule has 2 aromatic rings. The number of halogens is 1. The van der Waals surface area contributed by atoms with Crippen molar-refractivity contribution in [1.29, 1.82) is 5.26 Å². The van der Waals surface area contributed by atoms with Crippen molar-refractivity contribution in [2.75, 3.05) is 11.9 Å². The first-order chi connectivity index (χ1) is 10.9. The van der Waals surface area contributed by atoms with Crippen molar-refractivity contribution in [2.45, 2.75) is 6.10 Å². The van der Waals surface area contributed by atoms with Gasteiger partial charge in [-0.25, -0.2) is 4.79 Å². The molecular weight excluding hydrogens is 320 g/mol. The molecule has 1 aromatic heterocycles. The van der Waals surface area contributed by atoms with Crippen LogP contribution in [0, 0.1) is 11.3 Å². The summed E-state index contributed by atoms with van der Waals surface area (Å²) in [6.07, 6.45) is -0.964. The summed E-state index contributed by atoms with van der Waals surface area (Å²) in [6, 6.07) is 8.58. The Hall–Kier alpha value is -2.56. The van der Waals surface area contributed by atoms with Gasteiger partial charge in [-0.05, 0) is 6.07 Å². The van der Waals surface area contributed by atoms with Gasteiger partial charge in [-0.15, -0.1) is 0 Å². The van der Waals surface area contributed by atoms with E-state index in [2.05, 4.69) is 5.32 Å². The smallest absolute Gasteiger partial charge is 0.332 e. The van der Waals surface area contributed by atoms with Gasteiger partial charge >= 0.3 is 5.69 Å². The molecule has 1 atom stereocenters. The Morgan fingerprint density at radius 1 is 1.30 bits per heavy atom. The van der Waals surface area contributed by atoms with E-state index in [1.54, 1.807) is 30.3 Å². The van der Waals surface area contributed by atoms with Gasteiger partial charge in [0.15, 0.2) is 5.56 Å². The van der Waals surface area contributed by atoms with Crippen molar-refractivity contribution >= 4 is 17.4 Å². The number of hydrogen-bond acceptors (Lipinski definition) is 5. The Bertz CT molecular complexity index is 895. The van der Waals surface area contributed by atoms with Crippen LogP contribution in [0.25, 0.3) is 0 Å². The number of nitriles is 1. The van der Waals surface area contributed by atoms with Crippen LogP contribution in [-0.2, 0) is 14.1 Å². The van der Waals surface area contributed by atoms with Crippen molar-refractivity contribution in [3.8, 4) is 6.07 Å². The quantitative estimate of drug-likeness (QED) is 0.859. The van der Waals surface area contributed by atoms with Crippen molar-refractivity contribution in [3.63, 3.8) is 0 Å². The molecule has 7 nitrogen and oxygen atoms in total. The molecule has 8 heteroatoms. The lowest BCUT2D eigenvalue weighted by Gasteiger charge is -2.17. The second kappa shape index (κ2) is 6.69. The summed E-state index contributed by atoms with van der Waals surface area (Å²) in [5.74, 6) is 0.0618. The fraction of sp³-hybridized carbons (Fsp3) is 0.267. The van der Waals surface area contributed by atoms with Gasteiger partial charge in [0.2, 0.25) is 0 Å². The molecule has 0 aliphatic carbocycles. The number of aliphatic hydroxyl groups excluding tert-OH is 1. The molecule has 120 valence electrons. The Labute approximate surface area is 137 Å². The largest absolute Gasteiger partial charge is 0.387 e. The van der Waals surface area contributed by atoms with Crippen LogP contribution in [0.5, 0.6) is 0 Å². The van der Waals surface area contributed by atoms with E-state index in [1.165, 1.54) is 14.1 Å². The molecule has 2 N–H and O–H groups in total. The highest BCUT2D eigenvalue weighted by atomic mass is 35.5. The Kier molecular flexibility index (Phi) is 4.89. The maximum atomic E-state index is 12.0. The van der Waals surface area contributed by atoms with E-state index < -0.39 is 17.4 Å². The summed E-state index contributed by atoms with van der Waals surface area (Å²) in [4.78, 5) is 23.9. The molecule has 0 aliphatic rings. The van der Waals surface area contributed by atoms with E-state index in [9.17, 15) is 14.7 Å². The Morgan fingerprint density at radius 2 is 1.96 bits per heavy atom. The number of rotatable bonds is 4. The second-order valence-corrected chi connectivity index (χ2v) is 5.37. The second-order valence-electron chi connectivity index (χ2n) is 4.96. The lowest BCUT2D eigenvalue weighted by molar-refractivity contribution is 0.191. The summed E-state index contributed by atoms with van der Waals surface area (Å²) < 4.78 is 2.01. The van der Waals surface area contributed by atoms with E-state index in [1.807, 2.05) is 0 Å². The molecule has 1 heterocycles. The van der Waals surface area contributed by atoms with Crippen LogP contribution in [0.4, 0.5) is 5.82 Å². The van der Waals surface area contributed by atoms with Crippen molar-refractivity contribution in [2.24, 2.45) is 14.1 Å². The SMILES string of the molecule is Cn1c(NCC(O)c2ccccc2Cl)c(C#N)c(=O)n(C)c1=O. The molecule has 0 radical (unpaired) electrons. The summed E-state index contributed by atoms with van der Waals surface area (Å²) >= 11 is 6.01. The number of hydrogen-bond donors (Lipinski definition) is 2. The monoisotopic (exact) mass is 334 g/mol. The Morgan fingerprint density at radius 3 is 2.57 bits per heavy atom. The topological polar surface area (TPSA) is 100 Å². The molecule has 0 bridgehead atoms. The van der Waals surface area contributed by atoms with Crippen molar-refractivity contribution in [3.05, 3.63) is 61.3 Å². The first-order valence-corrected chi connectivity index (χ1v) is 7.12. The van der Waals surface area contributed by atoms with Gasteiger partial charge in [0.05, 0.1) is 6.10 Å². The molecular formula is C15H15ClN4O3. The fourth-order valence-corrected chi connectivity index (χ4v) is 2.46. The third-order valence-electron chi connectivity index (χ3n) is 3.50. The molecule has 0 spiro atoms. The molecule has 23 heavy (non-hydrogen) atoms. The van der Waals surface area contributed by atoms with Crippen LogP contribution < -0.4 is 16.6 Å². The van der Waals surface area contributed by atoms with E-state index in [4.69, 9.17) is 16.9 Å². The fourth-order valence-electron chi connectivity index (χ4n) is 2.20. The third-order valence-corrected chi connectivity index (χ3v) is 3.85. The minimum Gasteiger partial charge on any atom is -0.387 e. The normalized spacial score (nSPS) is 11.8. The lowest BCUT2D eigenvalue weighted by Crippen LogP contribution is -2.40. The van der Waals surface area contributed by atoms with Crippen LogP contribution >= 0.6 is 11.6 Å². The summed E-state index contributed by atoms with van der Waals surface area (Å²) in [5.41, 5.74) is -0.941. The Balaban J connectivity index is 2.35. The first kappa shape index (κ1) is 16.8. The lowest BCUT2D eigenvalue weighted by atomic mass is 10.1. The molecule has 0 aliphatic heterocycles. The average Bonchev–Trinajstić information content (AvgIpc) is 2.55. The molecule has 0 amide bonds. The van der Waals surface area contributed by atoms with Crippen molar-refractivity contribution in [1.82, 2.24) is 9.13 Å². The molecule has 0 fully saturated rings. The third kappa shape index (κ3) is 3.13. The molecule has 1 unspecified atom stereocenters. The zero-order valence-corrected chi connectivity index (χ0v) is 13.3. The average molecular weight is 335 g/mol. The number of aliphatic hydroxyl groups is 1. The predicted octanol–water partition coefficient (Wildman–Crippen LogP) is 0.755. The highest BCUT2D eigenvalue weighted by Gasteiger charge is 2.17. The van der Waals surface area contributed by atoms with Gasteiger partial charge in [-0.1, -0.05) is 29.8 Å². The maximum absolute atomic E-state index is 12.0. The van der Waals surface area contributed by atoms with Gasteiger partial charge < -0.3 is 10.4 Å². The molecule has 2 rings (SSSR count). The number of benzene rings is 1. The van der Waals surface area contributed by atoms with Crippen LogP contribution in [-0.4, -0.2) is 20.8 Å². The van der Waals surface area contributed by atoms with Gasteiger partial charge in [0.25, 0.3) is 5.56 Å². The predicted molar refractivity (Wildman–Crippen MR) is 86.5 cm³/mol. The van der Waals surface area contributed by atoms with Crippen LogP contribution in [0.15, 0.2) is 33.9 Å². The zero-order chi connectivity index (χ0) is 17.1. The van der Waals surface area contributed by atoms with E-state index in [0.717, 1.165) is 9.13 Å². The zero-order valence-electron chi connectivity index (χ0n) is 12.6. The van der Waals surface area contributed by atoms with Crippen LogP contribution in [0.1, 0.15) is 17.2 Å². The first-order valence-electron chi connectivity index (χ1n) is 6.75. The highest BCUT2D eigenvalue weighted by molar-refractivity contribution is 6.31. The van der Waals surface area contributed by atoms with Gasteiger partial charge in [0, 0.05) is 31.2 Å². The maximum Gasteiger partial charge on any atom is 0.332 e. The van der Waals surface area contributed by atoms with E-state index in [-0.39, 0.29) is 17.9 Å². The standard InChI is InChI=1S/C15H15ClN4O3/c1-19-13(10(7-17)14(22)20(2)15(19)23)18-8-12(21)9-5-3-4-6-11(9)16/h3-6,12,18,21H,8H2,1-2H3. The molecule has 1 aromatic carbocycles. The van der Waals surface area contributed by atoms with Gasteiger partial charge in [0.1, 0.15) is 11.9 Å². The van der Waals surface area contributed by atoms with Gasteiger partial charge in [-0.2, -0.15) is 5.26 Å². The molecule has 0 saturated carbocycles. The number of anilines is 1. The van der Waals surface area contributed by atoms with E-state index >= 15 is 0 Å². The minimum absolute atomic E-state index is 0.0150. The summed E-state index contributed by atoms with van der Waals surface area (Å²) in [7, 11) is 2.74. The van der Waals surface area contributed by atoms with Crippen LogP contribution in [0.2, 0.25) is 5.02 Å². The van der Waals surface area contributed by atoms with Crippen molar-refractivity contribution < 1.29 is 5.11 Å². The summed E-state index contributed by atoms with van der Waals surface area (Å²) in [6.45, 7) is -0.0150. The number of nitrogens with one attached hydrogen (secondary N) is 1. The highest BCUT2D eigenvalue weighted by Crippen LogP contribution is 2.22. The number of aromatic nitrogens is 2. The summed E-state index contributed by atoms with van der Waals surface area (Å²) in [5, 5.41) is 22.6.